The summed E-state index contributed by atoms with van der Waals surface area (Å²) in [7, 11) is 0. The maximum atomic E-state index is 9.17. The number of benzene rings is 2. The van der Waals surface area contributed by atoms with Gasteiger partial charge in [-0.2, -0.15) is 5.26 Å². The first-order valence-corrected chi connectivity index (χ1v) is 7.43. The van der Waals surface area contributed by atoms with E-state index in [-0.39, 0.29) is 0 Å². The molecule has 1 aliphatic rings. The van der Waals surface area contributed by atoms with Crippen molar-refractivity contribution in [2.24, 2.45) is 0 Å². The Morgan fingerprint density at radius 3 is 2.48 bits per heavy atom. The summed E-state index contributed by atoms with van der Waals surface area (Å²) < 4.78 is 0. The Bertz CT molecular complexity index is 680. The van der Waals surface area contributed by atoms with Crippen LogP contribution < -0.4 is 4.90 Å². The van der Waals surface area contributed by atoms with Crippen molar-refractivity contribution < 1.29 is 4.90 Å². The van der Waals surface area contributed by atoms with Crippen LogP contribution >= 0.6 is 0 Å². The summed E-state index contributed by atoms with van der Waals surface area (Å²) in [6, 6.07) is 20.8. The lowest BCUT2D eigenvalue weighted by molar-refractivity contribution is -0.908. The summed E-state index contributed by atoms with van der Waals surface area (Å²) >= 11 is 0. The number of nitrogens with zero attached hydrogens (tertiary/aromatic N) is 1. The second-order valence-corrected chi connectivity index (χ2v) is 5.50. The SMILES string of the molecule is N#Cc1ccccc1C[NH+]1CC=C(c2ccccc2)CC1. The molecule has 3 rings (SSSR count). The molecule has 2 nitrogen and oxygen atoms in total. The van der Waals surface area contributed by atoms with Crippen molar-refractivity contribution in [1.29, 1.82) is 5.26 Å². The number of quaternary nitrogens is 1. The first-order chi connectivity index (χ1) is 10.4. The van der Waals surface area contributed by atoms with E-state index in [1.165, 1.54) is 16.0 Å². The second-order valence-electron chi connectivity index (χ2n) is 5.50. The van der Waals surface area contributed by atoms with Gasteiger partial charge in [-0.25, -0.2) is 0 Å². The highest BCUT2D eigenvalue weighted by Gasteiger charge is 2.17. The molecule has 1 heterocycles. The second kappa shape index (κ2) is 6.39. The molecule has 2 aromatic carbocycles. The van der Waals surface area contributed by atoms with Gasteiger partial charge >= 0.3 is 0 Å². The van der Waals surface area contributed by atoms with Gasteiger partial charge in [0.05, 0.1) is 24.7 Å². The van der Waals surface area contributed by atoms with Crippen LogP contribution in [-0.4, -0.2) is 13.1 Å². The van der Waals surface area contributed by atoms with Gasteiger partial charge < -0.3 is 4.90 Å². The van der Waals surface area contributed by atoms with E-state index < -0.39 is 0 Å². The molecular formula is C19H19N2+. The van der Waals surface area contributed by atoms with Gasteiger partial charge in [-0.1, -0.05) is 48.5 Å². The molecule has 2 heteroatoms. The first-order valence-electron chi connectivity index (χ1n) is 7.43. The number of rotatable bonds is 3. The van der Waals surface area contributed by atoms with Crippen molar-refractivity contribution in [2.75, 3.05) is 13.1 Å². The largest absolute Gasteiger partial charge is 0.328 e. The number of nitriles is 1. The Labute approximate surface area is 126 Å². The van der Waals surface area contributed by atoms with Crippen LogP contribution in [0, 0.1) is 11.3 Å². The molecule has 1 N–H and O–H groups in total. The lowest BCUT2D eigenvalue weighted by Crippen LogP contribution is -3.11. The smallest absolute Gasteiger partial charge is 0.104 e. The Hall–Kier alpha value is -2.37. The van der Waals surface area contributed by atoms with E-state index in [0.717, 1.165) is 37.2 Å². The van der Waals surface area contributed by atoms with E-state index in [2.05, 4.69) is 48.5 Å². The van der Waals surface area contributed by atoms with Crippen molar-refractivity contribution in [2.45, 2.75) is 13.0 Å². The van der Waals surface area contributed by atoms with Gasteiger partial charge in [0, 0.05) is 12.0 Å². The van der Waals surface area contributed by atoms with E-state index in [9.17, 15) is 0 Å². The summed E-state index contributed by atoms with van der Waals surface area (Å²) in [6.45, 7) is 3.09. The normalized spacial score (nSPS) is 17.9. The fraction of sp³-hybridized carbons (Fsp3) is 0.211. The third kappa shape index (κ3) is 3.21. The molecular weight excluding hydrogens is 256 g/mol. The van der Waals surface area contributed by atoms with E-state index >= 15 is 0 Å². The standard InChI is InChI=1S/C19H18N2/c20-14-18-8-4-5-9-19(18)15-21-12-10-17(11-13-21)16-6-2-1-3-7-16/h1-10H,11-13,15H2/p+1. The summed E-state index contributed by atoms with van der Waals surface area (Å²) in [6.07, 6.45) is 3.46. The summed E-state index contributed by atoms with van der Waals surface area (Å²) in [5, 5.41) is 9.17. The zero-order valence-electron chi connectivity index (χ0n) is 12.0. The predicted molar refractivity (Wildman–Crippen MR) is 84.6 cm³/mol. The fourth-order valence-electron chi connectivity index (χ4n) is 2.91. The quantitative estimate of drug-likeness (QED) is 0.915. The average Bonchev–Trinajstić information content (AvgIpc) is 2.57. The molecule has 104 valence electrons. The molecule has 1 unspecified atom stereocenters. The van der Waals surface area contributed by atoms with Crippen LogP contribution in [-0.2, 0) is 6.54 Å². The van der Waals surface area contributed by atoms with Gasteiger partial charge in [0.15, 0.2) is 0 Å². The van der Waals surface area contributed by atoms with Crippen LogP contribution in [0.3, 0.4) is 0 Å². The molecule has 1 atom stereocenters. The molecule has 0 aromatic heterocycles. The average molecular weight is 275 g/mol. The molecule has 0 bridgehead atoms. The molecule has 0 saturated carbocycles. The minimum Gasteiger partial charge on any atom is -0.328 e. The Kier molecular flexibility index (Phi) is 4.14. The summed E-state index contributed by atoms with van der Waals surface area (Å²) in [5.74, 6) is 0. The highest BCUT2D eigenvalue weighted by atomic mass is 15.1. The number of hydrogen-bond acceptors (Lipinski definition) is 1. The minimum atomic E-state index is 0.808. The lowest BCUT2D eigenvalue weighted by Gasteiger charge is -2.24. The molecule has 21 heavy (non-hydrogen) atoms. The van der Waals surface area contributed by atoms with Crippen LogP contribution in [0.4, 0.5) is 0 Å². The number of nitrogens with one attached hydrogen (secondary N) is 1. The first kappa shape index (κ1) is 13.6. The zero-order chi connectivity index (χ0) is 14.5. The van der Waals surface area contributed by atoms with Gasteiger partial charge in [0.25, 0.3) is 0 Å². The maximum absolute atomic E-state index is 9.17. The lowest BCUT2D eigenvalue weighted by atomic mass is 9.99. The van der Waals surface area contributed by atoms with Crippen LogP contribution in [0.25, 0.3) is 5.57 Å². The van der Waals surface area contributed by atoms with Crippen molar-refractivity contribution >= 4 is 5.57 Å². The highest BCUT2D eigenvalue weighted by Crippen LogP contribution is 2.18. The van der Waals surface area contributed by atoms with Gasteiger partial charge in [0.1, 0.15) is 6.54 Å². The van der Waals surface area contributed by atoms with Crippen LogP contribution in [0.5, 0.6) is 0 Å². The monoisotopic (exact) mass is 275 g/mol. The summed E-state index contributed by atoms with van der Waals surface area (Å²) in [5.41, 5.74) is 4.76. The van der Waals surface area contributed by atoms with E-state index in [4.69, 9.17) is 5.26 Å². The molecule has 0 spiro atoms. The van der Waals surface area contributed by atoms with Gasteiger partial charge in [-0.15, -0.1) is 0 Å². The van der Waals surface area contributed by atoms with E-state index in [0.29, 0.717) is 0 Å². The molecule has 0 fully saturated rings. The Morgan fingerprint density at radius 2 is 1.76 bits per heavy atom. The van der Waals surface area contributed by atoms with Crippen LogP contribution in [0.1, 0.15) is 23.1 Å². The Balaban J connectivity index is 1.69. The molecule has 0 saturated heterocycles. The molecule has 0 radical (unpaired) electrons. The molecule has 2 aromatic rings. The molecule has 0 aliphatic carbocycles. The van der Waals surface area contributed by atoms with Crippen molar-refractivity contribution in [1.82, 2.24) is 0 Å². The fourth-order valence-corrected chi connectivity index (χ4v) is 2.91. The van der Waals surface area contributed by atoms with Crippen molar-refractivity contribution in [3.05, 3.63) is 77.4 Å². The van der Waals surface area contributed by atoms with Gasteiger partial charge in [0.2, 0.25) is 0 Å². The topological polar surface area (TPSA) is 28.2 Å². The van der Waals surface area contributed by atoms with Crippen molar-refractivity contribution in [3.63, 3.8) is 0 Å². The zero-order valence-corrected chi connectivity index (χ0v) is 12.0. The van der Waals surface area contributed by atoms with Gasteiger partial charge in [-0.05, 0) is 23.3 Å². The third-order valence-corrected chi connectivity index (χ3v) is 4.11. The molecule has 1 aliphatic heterocycles. The Morgan fingerprint density at radius 1 is 1.00 bits per heavy atom. The van der Waals surface area contributed by atoms with Gasteiger partial charge in [-0.3, -0.25) is 0 Å². The van der Waals surface area contributed by atoms with Crippen LogP contribution in [0.15, 0.2) is 60.7 Å². The minimum absolute atomic E-state index is 0.808. The third-order valence-electron chi connectivity index (χ3n) is 4.11. The van der Waals surface area contributed by atoms with Crippen LogP contribution in [0.2, 0.25) is 0 Å². The number of hydrogen-bond donors (Lipinski definition) is 1. The highest BCUT2D eigenvalue weighted by molar-refractivity contribution is 5.65. The summed E-state index contributed by atoms with van der Waals surface area (Å²) in [4.78, 5) is 1.53. The van der Waals surface area contributed by atoms with Crippen molar-refractivity contribution in [3.8, 4) is 6.07 Å². The predicted octanol–water partition coefficient (Wildman–Crippen LogP) is 2.43. The van der Waals surface area contributed by atoms with E-state index in [1.54, 1.807) is 0 Å². The van der Waals surface area contributed by atoms with E-state index in [1.807, 2.05) is 18.2 Å². The maximum Gasteiger partial charge on any atom is 0.104 e. The molecule has 0 amide bonds.